The van der Waals surface area contributed by atoms with Gasteiger partial charge in [-0.05, 0) is 29.5 Å². The molecule has 0 aliphatic carbocycles. The molecule has 0 N–H and O–H groups in total. The van der Waals surface area contributed by atoms with E-state index < -0.39 is 0 Å². The zero-order valence-corrected chi connectivity index (χ0v) is 11.0. The first-order valence-electron chi connectivity index (χ1n) is 4.52. The number of rotatable bonds is 2. The number of hydrogen-bond acceptors (Lipinski definition) is 1. The SMILES string of the molecule is CCc1c(CBr)sc2cc(Cl)ccc12. The number of halogens is 2. The largest absolute Gasteiger partial charge is 0.139 e. The van der Waals surface area contributed by atoms with Crippen molar-refractivity contribution in [3.63, 3.8) is 0 Å². The third-order valence-corrected chi connectivity index (χ3v) is 4.68. The van der Waals surface area contributed by atoms with Gasteiger partial charge in [0.2, 0.25) is 0 Å². The van der Waals surface area contributed by atoms with Gasteiger partial charge in [-0.2, -0.15) is 0 Å². The van der Waals surface area contributed by atoms with Crippen LogP contribution in [0, 0.1) is 0 Å². The molecule has 0 atom stereocenters. The summed E-state index contributed by atoms with van der Waals surface area (Å²) in [5.41, 5.74) is 1.46. The first-order valence-corrected chi connectivity index (χ1v) is 6.83. The van der Waals surface area contributed by atoms with Crippen LogP contribution < -0.4 is 0 Å². The molecule has 2 aromatic rings. The van der Waals surface area contributed by atoms with Crippen LogP contribution in [0.25, 0.3) is 10.1 Å². The van der Waals surface area contributed by atoms with E-state index in [4.69, 9.17) is 11.6 Å². The van der Waals surface area contributed by atoms with Crippen molar-refractivity contribution in [3.8, 4) is 0 Å². The van der Waals surface area contributed by atoms with Crippen LogP contribution in [0.15, 0.2) is 18.2 Å². The Morgan fingerprint density at radius 1 is 1.43 bits per heavy atom. The molecule has 0 fully saturated rings. The average Bonchev–Trinajstić information content (AvgIpc) is 2.54. The maximum Gasteiger partial charge on any atom is 0.0420 e. The highest BCUT2D eigenvalue weighted by molar-refractivity contribution is 9.08. The summed E-state index contributed by atoms with van der Waals surface area (Å²) >= 11 is 11.3. The molecule has 14 heavy (non-hydrogen) atoms. The Bertz CT molecular complexity index is 462. The highest BCUT2D eigenvalue weighted by Gasteiger charge is 2.09. The van der Waals surface area contributed by atoms with Gasteiger partial charge in [0.05, 0.1) is 0 Å². The van der Waals surface area contributed by atoms with E-state index in [-0.39, 0.29) is 0 Å². The fourth-order valence-electron chi connectivity index (χ4n) is 1.67. The second-order valence-electron chi connectivity index (χ2n) is 3.13. The lowest BCUT2D eigenvalue weighted by Gasteiger charge is -1.96. The van der Waals surface area contributed by atoms with E-state index in [1.54, 1.807) is 0 Å². The van der Waals surface area contributed by atoms with E-state index >= 15 is 0 Å². The molecule has 0 unspecified atom stereocenters. The Balaban J connectivity index is 2.73. The summed E-state index contributed by atoms with van der Waals surface area (Å²) in [6.07, 6.45) is 1.09. The minimum Gasteiger partial charge on any atom is -0.139 e. The van der Waals surface area contributed by atoms with Crippen LogP contribution in [0.1, 0.15) is 17.4 Å². The van der Waals surface area contributed by atoms with Crippen molar-refractivity contribution in [1.29, 1.82) is 0 Å². The quantitative estimate of drug-likeness (QED) is 0.682. The third-order valence-electron chi connectivity index (χ3n) is 2.31. The van der Waals surface area contributed by atoms with Crippen molar-refractivity contribution in [2.45, 2.75) is 18.7 Å². The molecule has 0 radical (unpaired) electrons. The van der Waals surface area contributed by atoms with Crippen molar-refractivity contribution < 1.29 is 0 Å². The molecule has 74 valence electrons. The van der Waals surface area contributed by atoms with Gasteiger partial charge in [0.1, 0.15) is 0 Å². The molecule has 0 amide bonds. The van der Waals surface area contributed by atoms with E-state index in [0.717, 1.165) is 16.8 Å². The predicted octanol–water partition coefficient (Wildman–Crippen LogP) is 5.01. The van der Waals surface area contributed by atoms with Crippen LogP contribution in [-0.4, -0.2) is 0 Å². The van der Waals surface area contributed by atoms with Gasteiger partial charge in [0.25, 0.3) is 0 Å². The van der Waals surface area contributed by atoms with Gasteiger partial charge in [0.15, 0.2) is 0 Å². The molecule has 1 aromatic heterocycles. The summed E-state index contributed by atoms with van der Waals surface area (Å²) in [5, 5.41) is 3.12. The maximum atomic E-state index is 5.96. The second-order valence-corrected chi connectivity index (χ2v) is 5.27. The van der Waals surface area contributed by atoms with E-state index in [9.17, 15) is 0 Å². The molecule has 0 aliphatic heterocycles. The second kappa shape index (κ2) is 4.21. The molecule has 1 aromatic carbocycles. The first kappa shape index (κ1) is 10.5. The molecular formula is C11H10BrClS. The topological polar surface area (TPSA) is 0 Å². The molecule has 0 saturated heterocycles. The van der Waals surface area contributed by atoms with Gasteiger partial charge < -0.3 is 0 Å². The van der Waals surface area contributed by atoms with Gasteiger partial charge in [-0.15, -0.1) is 11.3 Å². The third kappa shape index (κ3) is 1.71. The highest BCUT2D eigenvalue weighted by Crippen LogP contribution is 2.34. The molecule has 0 bridgehead atoms. The molecular weight excluding hydrogens is 280 g/mol. The van der Waals surface area contributed by atoms with Crippen molar-refractivity contribution in [3.05, 3.63) is 33.7 Å². The number of fused-ring (bicyclic) bond motifs is 1. The van der Waals surface area contributed by atoms with Crippen LogP contribution >= 0.6 is 38.9 Å². The zero-order valence-electron chi connectivity index (χ0n) is 7.81. The predicted molar refractivity (Wildman–Crippen MR) is 68.8 cm³/mol. The highest BCUT2D eigenvalue weighted by atomic mass is 79.9. The number of hydrogen-bond donors (Lipinski definition) is 0. The summed E-state index contributed by atoms with van der Waals surface area (Å²) < 4.78 is 1.30. The lowest BCUT2D eigenvalue weighted by atomic mass is 10.1. The molecule has 2 rings (SSSR count). The number of thiophene rings is 1. The fourth-order valence-corrected chi connectivity index (χ4v) is 3.77. The minimum atomic E-state index is 0.822. The summed E-state index contributed by atoms with van der Waals surface area (Å²) in [7, 11) is 0. The van der Waals surface area contributed by atoms with E-state index in [2.05, 4.69) is 28.9 Å². The average molecular weight is 290 g/mol. The van der Waals surface area contributed by atoms with Gasteiger partial charge in [-0.25, -0.2) is 0 Å². The van der Waals surface area contributed by atoms with Crippen molar-refractivity contribution >= 4 is 49.0 Å². The van der Waals surface area contributed by atoms with E-state index in [0.29, 0.717) is 0 Å². The number of aryl methyl sites for hydroxylation is 1. The van der Waals surface area contributed by atoms with Gasteiger partial charge in [0, 0.05) is 19.9 Å². The normalized spacial score (nSPS) is 11.1. The van der Waals surface area contributed by atoms with Crippen LogP contribution in [-0.2, 0) is 11.8 Å². The minimum absolute atomic E-state index is 0.822. The lowest BCUT2D eigenvalue weighted by Crippen LogP contribution is -1.81. The van der Waals surface area contributed by atoms with E-state index in [1.165, 1.54) is 20.5 Å². The summed E-state index contributed by atoms with van der Waals surface area (Å²) in [6.45, 7) is 2.20. The lowest BCUT2D eigenvalue weighted by molar-refractivity contribution is 1.15. The molecule has 0 saturated carbocycles. The molecule has 3 heteroatoms. The van der Waals surface area contributed by atoms with Crippen LogP contribution in [0.4, 0.5) is 0 Å². The number of benzene rings is 1. The van der Waals surface area contributed by atoms with Gasteiger partial charge in [-0.1, -0.05) is 40.5 Å². The Morgan fingerprint density at radius 3 is 2.86 bits per heavy atom. The molecule has 0 nitrogen and oxygen atoms in total. The van der Waals surface area contributed by atoms with Gasteiger partial charge in [-0.3, -0.25) is 0 Å². The molecule has 1 heterocycles. The Morgan fingerprint density at radius 2 is 2.21 bits per heavy atom. The van der Waals surface area contributed by atoms with Crippen molar-refractivity contribution in [2.24, 2.45) is 0 Å². The monoisotopic (exact) mass is 288 g/mol. The zero-order chi connectivity index (χ0) is 10.1. The standard InChI is InChI=1S/C11H10BrClS/c1-2-8-9-4-3-7(13)5-10(9)14-11(8)6-12/h3-5H,2,6H2,1H3. The van der Waals surface area contributed by atoms with E-state index in [1.807, 2.05) is 23.5 Å². The summed E-state index contributed by atoms with van der Waals surface area (Å²) in [5.74, 6) is 0. The Labute approximate surface area is 101 Å². The van der Waals surface area contributed by atoms with Crippen LogP contribution in [0.5, 0.6) is 0 Å². The summed E-state index contributed by atoms with van der Waals surface area (Å²) in [6, 6.07) is 6.14. The Kier molecular flexibility index (Phi) is 3.15. The maximum absolute atomic E-state index is 5.96. The first-order chi connectivity index (χ1) is 6.76. The Hall–Kier alpha value is -0.0500. The fraction of sp³-hybridized carbons (Fsp3) is 0.273. The number of alkyl halides is 1. The van der Waals surface area contributed by atoms with Crippen molar-refractivity contribution in [2.75, 3.05) is 0 Å². The van der Waals surface area contributed by atoms with Crippen LogP contribution in [0.2, 0.25) is 5.02 Å². The van der Waals surface area contributed by atoms with Crippen molar-refractivity contribution in [1.82, 2.24) is 0 Å². The smallest absolute Gasteiger partial charge is 0.0420 e. The summed E-state index contributed by atoms with van der Waals surface area (Å²) in [4.78, 5) is 1.42. The molecule has 0 aliphatic rings. The van der Waals surface area contributed by atoms with Gasteiger partial charge >= 0.3 is 0 Å². The van der Waals surface area contributed by atoms with Crippen LogP contribution in [0.3, 0.4) is 0 Å². The molecule has 0 spiro atoms.